The molecule has 2 heteroatoms. The summed E-state index contributed by atoms with van der Waals surface area (Å²) in [5.41, 5.74) is 1.20. The molecule has 2 aromatic heterocycles. The molecule has 0 amide bonds. The average Bonchev–Trinajstić information content (AvgIpc) is 2.16. The predicted octanol–water partition coefficient (Wildman–Crippen LogP) is 2.73. The van der Waals surface area contributed by atoms with Crippen LogP contribution in [-0.2, 0) is 0 Å². The van der Waals surface area contributed by atoms with E-state index >= 15 is 0 Å². The van der Waals surface area contributed by atoms with Gasteiger partial charge in [0.05, 0.1) is 0 Å². The zero-order valence-electron chi connectivity index (χ0n) is 6.24. The predicted molar refractivity (Wildman–Crippen MR) is 46.6 cm³/mol. The molecule has 4 rings (SSSR count). The summed E-state index contributed by atoms with van der Waals surface area (Å²) in [7, 11) is 0. The third-order valence-corrected chi connectivity index (χ3v) is 2.15. The lowest BCUT2D eigenvalue weighted by atomic mass is 10.1. The van der Waals surface area contributed by atoms with E-state index in [0.29, 0.717) is 11.2 Å². The van der Waals surface area contributed by atoms with E-state index in [9.17, 15) is 5.11 Å². The number of phenolic OH excluding ortho intramolecular Hbond substituents is 1. The van der Waals surface area contributed by atoms with Crippen LogP contribution in [0.1, 0.15) is 0 Å². The molecule has 2 bridgehead atoms. The Hall–Kier alpha value is -1.70. The van der Waals surface area contributed by atoms with Crippen molar-refractivity contribution in [2.24, 2.45) is 0 Å². The van der Waals surface area contributed by atoms with E-state index in [0.717, 1.165) is 10.8 Å². The number of hydrogen-bond donors (Lipinski definition) is 1. The van der Waals surface area contributed by atoms with Crippen molar-refractivity contribution in [3.63, 3.8) is 0 Å². The third-order valence-electron chi connectivity index (χ3n) is 2.15. The maximum absolute atomic E-state index is 9.36. The van der Waals surface area contributed by atoms with Crippen molar-refractivity contribution in [2.75, 3.05) is 0 Å². The second-order valence-corrected chi connectivity index (χ2v) is 2.88. The second-order valence-electron chi connectivity index (χ2n) is 2.88. The molecule has 2 aromatic carbocycles. The Morgan fingerprint density at radius 2 is 2.00 bits per heavy atom. The van der Waals surface area contributed by atoms with Gasteiger partial charge in [-0.2, -0.15) is 0 Å². The zero-order valence-corrected chi connectivity index (χ0v) is 6.24. The highest BCUT2D eigenvalue weighted by Crippen LogP contribution is 2.39. The molecule has 4 aromatic rings. The van der Waals surface area contributed by atoms with Gasteiger partial charge in [0, 0.05) is 5.39 Å². The van der Waals surface area contributed by atoms with E-state index < -0.39 is 0 Å². The van der Waals surface area contributed by atoms with Gasteiger partial charge < -0.3 is 9.52 Å². The van der Waals surface area contributed by atoms with Crippen LogP contribution < -0.4 is 0 Å². The highest BCUT2D eigenvalue weighted by atomic mass is 16.4. The molecule has 0 aliphatic carbocycles. The summed E-state index contributed by atoms with van der Waals surface area (Å²) in [5.74, 6) is 0.286. The van der Waals surface area contributed by atoms with Crippen molar-refractivity contribution in [1.29, 1.82) is 0 Å². The number of hydrogen-bond acceptors (Lipinski definition) is 2. The van der Waals surface area contributed by atoms with Gasteiger partial charge >= 0.3 is 0 Å². The van der Waals surface area contributed by atoms with Crippen molar-refractivity contribution < 1.29 is 9.52 Å². The molecule has 0 spiro atoms. The quantitative estimate of drug-likeness (QED) is 0.545. The molecule has 0 aliphatic heterocycles. The number of phenols is 1. The van der Waals surface area contributed by atoms with Gasteiger partial charge in [-0.05, 0) is 11.5 Å². The Morgan fingerprint density at radius 3 is 2.83 bits per heavy atom. The van der Waals surface area contributed by atoms with Gasteiger partial charge in [-0.3, -0.25) is 0 Å². The highest BCUT2D eigenvalue weighted by Gasteiger charge is 2.14. The van der Waals surface area contributed by atoms with Crippen molar-refractivity contribution >= 4 is 21.9 Å². The summed E-state index contributed by atoms with van der Waals surface area (Å²) < 4.78 is 5.20. The van der Waals surface area contributed by atoms with Gasteiger partial charge in [0.2, 0.25) is 5.75 Å². The maximum Gasteiger partial charge on any atom is 0.202 e. The van der Waals surface area contributed by atoms with Crippen LogP contribution in [0.5, 0.6) is 5.75 Å². The van der Waals surface area contributed by atoms with Gasteiger partial charge in [0.1, 0.15) is 0 Å². The van der Waals surface area contributed by atoms with E-state index in [1.54, 1.807) is 0 Å². The fraction of sp³-hybridized carbons (Fsp3) is 0. The normalized spacial score (nSPS) is 11.7. The van der Waals surface area contributed by atoms with Crippen molar-refractivity contribution in [3.8, 4) is 5.75 Å². The lowest BCUT2D eigenvalue weighted by Crippen LogP contribution is -1.82. The minimum Gasteiger partial charge on any atom is -0.502 e. The monoisotopic (exact) mass is 158 g/mol. The minimum absolute atomic E-state index is 0.286. The summed E-state index contributed by atoms with van der Waals surface area (Å²) in [6.07, 6.45) is 0. The van der Waals surface area contributed by atoms with Crippen LogP contribution in [0, 0.1) is 0 Å². The fourth-order valence-electron chi connectivity index (χ4n) is 1.52. The van der Waals surface area contributed by atoms with Crippen molar-refractivity contribution in [1.82, 2.24) is 0 Å². The molecule has 2 heterocycles. The van der Waals surface area contributed by atoms with Gasteiger partial charge in [-0.25, -0.2) is 0 Å². The van der Waals surface area contributed by atoms with Crippen LogP contribution >= 0.6 is 0 Å². The van der Waals surface area contributed by atoms with Crippen LogP contribution in [0.3, 0.4) is 0 Å². The topological polar surface area (TPSA) is 33.4 Å². The molecular weight excluding hydrogens is 152 g/mol. The Kier molecular flexibility index (Phi) is 0.844. The number of aromatic hydroxyl groups is 1. The molecule has 58 valence electrons. The van der Waals surface area contributed by atoms with Crippen LogP contribution in [0.25, 0.3) is 21.9 Å². The van der Waals surface area contributed by atoms with E-state index in [4.69, 9.17) is 4.42 Å². The first-order valence-corrected chi connectivity index (χ1v) is 3.79. The molecule has 0 radical (unpaired) electrons. The van der Waals surface area contributed by atoms with Crippen LogP contribution in [-0.4, -0.2) is 5.11 Å². The van der Waals surface area contributed by atoms with Crippen LogP contribution in [0.2, 0.25) is 0 Å². The molecular formula is C10H6O2. The largest absolute Gasteiger partial charge is 0.502 e. The molecule has 0 saturated heterocycles. The fourth-order valence-corrected chi connectivity index (χ4v) is 1.52. The first-order chi connectivity index (χ1) is 5.86. The van der Waals surface area contributed by atoms with Crippen LogP contribution in [0.15, 0.2) is 34.7 Å². The summed E-state index contributed by atoms with van der Waals surface area (Å²) in [4.78, 5) is 0. The van der Waals surface area contributed by atoms with Gasteiger partial charge in [0.25, 0.3) is 0 Å². The Bertz CT molecular complexity index is 536. The standard InChI is InChI=1S/C10H6O2/c11-9-8-5-6-3-1-2-4-7(6)10(9)12-8/h1-5,11H. The van der Waals surface area contributed by atoms with Crippen molar-refractivity contribution in [2.45, 2.75) is 0 Å². The van der Waals surface area contributed by atoms with E-state index in [1.807, 2.05) is 30.3 Å². The first-order valence-electron chi connectivity index (χ1n) is 3.79. The second kappa shape index (κ2) is 1.72. The van der Waals surface area contributed by atoms with E-state index in [1.165, 1.54) is 0 Å². The molecule has 0 aliphatic rings. The van der Waals surface area contributed by atoms with Gasteiger partial charge in [0.15, 0.2) is 11.2 Å². The minimum atomic E-state index is 0.286. The van der Waals surface area contributed by atoms with Gasteiger partial charge in [-0.15, -0.1) is 0 Å². The summed E-state index contributed by atoms with van der Waals surface area (Å²) >= 11 is 0. The molecule has 0 saturated carbocycles. The molecule has 1 N–H and O–H groups in total. The van der Waals surface area contributed by atoms with Gasteiger partial charge in [-0.1, -0.05) is 24.3 Å². The molecule has 0 unspecified atom stereocenters. The molecule has 12 heavy (non-hydrogen) atoms. The summed E-state index contributed by atoms with van der Waals surface area (Å²) in [6.45, 7) is 0. The average molecular weight is 158 g/mol. The highest BCUT2D eigenvalue weighted by molar-refractivity contribution is 6.05. The maximum atomic E-state index is 9.36. The SMILES string of the molecule is Oc1c2cc3ccccc3c1o2. The Labute approximate surface area is 68.4 Å². The number of benzene rings is 2. The summed E-state index contributed by atoms with van der Waals surface area (Å²) in [5, 5.41) is 11.5. The molecule has 0 fully saturated rings. The lowest BCUT2D eigenvalue weighted by molar-refractivity contribution is 0.437. The third kappa shape index (κ3) is 0.515. The summed E-state index contributed by atoms with van der Waals surface area (Å²) in [6, 6.07) is 9.69. The Morgan fingerprint density at radius 1 is 1.17 bits per heavy atom. The lowest BCUT2D eigenvalue weighted by Gasteiger charge is -2.09. The first kappa shape index (κ1) is 5.89. The van der Waals surface area contributed by atoms with E-state index in [2.05, 4.69) is 0 Å². The van der Waals surface area contributed by atoms with E-state index in [-0.39, 0.29) is 5.75 Å². The van der Waals surface area contributed by atoms with Crippen LogP contribution in [0.4, 0.5) is 0 Å². The molecule has 2 nitrogen and oxygen atoms in total. The number of rotatable bonds is 0. The smallest absolute Gasteiger partial charge is 0.202 e. The molecule has 0 atom stereocenters. The Balaban J connectivity index is 2.62. The van der Waals surface area contributed by atoms with Crippen molar-refractivity contribution in [3.05, 3.63) is 30.3 Å². The zero-order chi connectivity index (χ0) is 8.13.